The molecule has 4 heteroatoms. The molecule has 3 nitrogen and oxygen atoms in total. The zero-order chi connectivity index (χ0) is 13.2. The van der Waals surface area contributed by atoms with Gasteiger partial charge in [-0.1, -0.05) is 18.2 Å². The van der Waals surface area contributed by atoms with Crippen molar-refractivity contribution in [2.45, 2.75) is 24.3 Å². The summed E-state index contributed by atoms with van der Waals surface area (Å²) in [5.41, 5.74) is 3.85. The molecule has 1 aliphatic carbocycles. The first-order valence-electron chi connectivity index (χ1n) is 6.28. The lowest BCUT2D eigenvalue weighted by molar-refractivity contribution is 0.0972. The number of nitrogens with two attached hydrogens (primary N) is 1. The Morgan fingerprint density at radius 2 is 2.05 bits per heavy atom. The van der Waals surface area contributed by atoms with Crippen LogP contribution in [0.1, 0.15) is 28.8 Å². The lowest BCUT2D eigenvalue weighted by atomic mass is 9.89. The third-order valence-corrected chi connectivity index (χ3v) is 3.87. The molecule has 3 rings (SSSR count). The number of hydrogen-bond donors (Lipinski definition) is 1. The zero-order valence-corrected chi connectivity index (χ0v) is 11.2. The Labute approximate surface area is 116 Å². The van der Waals surface area contributed by atoms with E-state index in [1.165, 1.54) is 0 Å². The van der Waals surface area contributed by atoms with Gasteiger partial charge >= 0.3 is 0 Å². The number of aryl methyl sites for hydroxylation is 1. The van der Waals surface area contributed by atoms with E-state index >= 15 is 0 Å². The van der Waals surface area contributed by atoms with Crippen LogP contribution in [0.25, 0.3) is 11.3 Å². The summed E-state index contributed by atoms with van der Waals surface area (Å²) in [6.45, 7) is 0. The second-order valence-corrected chi connectivity index (χ2v) is 5.28. The highest BCUT2D eigenvalue weighted by Gasteiger charge is 2.17. The van der Waals surface area contributed by atoms with Gasteiger partial charge in [0.25, 0.3) is 0 Å². The Bertz CT molecular complexity index is 640. The Morgan fingerprint density at radius 3 is 2.89 bits per heavy atom. The van der Waals surface area contributed by atoms with Crippen LogP contribution in [0, 0.1) is 0 Å². The molecule has 1 heterocycles. The fourth-order valence-corrected chi connectivity index (χ4v) is 2.74. The normalized spacial score (nSPS) is 14.3. The van der Waals surface area contributed by atoms with Gasteiger partial charge in [-0.3, -0.25) is 9.93 Å². The Balaban J connectivity index is 2.06. The molecule has 0 aliphatic heterocycles. The number of rotatable bonds is 2. The highest BCUT2D eigenvalue weighted by molar-refractivity contribution is 7.97. The molecule has 0 saturated heterocycles. The maximum atomic E-state index is 11.9. The summed E-state index contributed by atoms with van der Waals surface area (Å²) < 4.78 is 0. The van der Waals surface area contributed by atoms with E-state index in [1.807, 2.05) is 36.4 Å². The lowest BCUT2D eigenvalue weighted by Crippen LogP contribution is -2.10. The van der Waals surface area contributed by atoms with E-state index in [0.29, 0.717) is 6.42 Å². The van der Waals surface area contributed by atoms with E-state index in [9.17, 15) is 4.79 Å². The Kier molecular flexibility index (Phi) is 3.36. The molecule has 2 N–H and O–H groups in total. The molecule has 1 aliphatic rings. The number of carbonyl (C=O) groups is 1. The third-order valence-electron chi connectivity index (χ3n) is 3.40. The van der Waals surface area contributed by atoms with E-state index in [0.717, 1.165) is 52.2 Å². The van der Waals surface area contributed by atoms with E-state index in [2.05, 4.69) is 4.98 Å². The summed E-state index contributed by atoms with van der Waals surface area (Å²) in [5.74, 6) is 0.243. The van der Waals surface area contributed by atoms with Crippen LogP contribution in [-0.2, 0) is 6.42 Å². The quantitative estimate of drug-likeness (QED) is 0.851. The number of Topliss-reactive ketones (excluding diaryl/α,β-unsaturated/α-hetero) is 1. The van der Waals surface area contributed by atoms with Crippen molar-refractivity contribution in [1.82, 2.24) is 4.98 Å². The SMILES string of the molecule is NSc1cccc(-c2ccc3c(c2)C(=O)CCC3)n1. The molecular formula is C15H14N2OS. The second-order valence-electron chi connectivity index (χ2n) is 4.63. The standard InChI is InChI=1S/C15H14N2OS/c16-19-15-6-2-4-13(17-15)11-8-7-10-3-1-5-14(18)12(10)9-11/h2,4,6-9H,1,3,5,16H2. The van der Waals surface area contributed by atoms with Gasteiger partial charge in [0.15, 0.2) is 5.78 Å². The number of fused-ring (bicyclic) bond motifs is 1. The fraction of sp³-hybridized carbons (Fsp3) is 0.200. The number of pyridine rings is 1. The van der Waals surface area contributed by atoms with Crippen molar-refractivity contribution < 1.29 is 4.79 Å². The van der Waals surface area contributed by atoms with Crippen molar-refractivity contribution >= 4 is 17.7 Å². The van der Waals surface area contributed by atoms with Gasteiger partial charge in [0.2, 0.25) is 0 Å². The first-order chi connectivity index (χ1) is 9.28. The fourth-order valence-electron chi connectivity index (χ4n) is 2.43. The van der Waals surface area contributed by atoms with Gasteiger partial charge in [-0.25, -0.2) is 4.98 Å². The molecule has 0 radical (unpaired) electrons. The van der Waals surface area contributed by atoms with E-state index in [4.69, 9.17) is 5.14 Å². The molecule has 96 valence electrons. The number of benzene rings is 1. The number of nitrogens with zero attached hydrogens (tertiary/aromatic N) is 1. The number of carbonyl (C=O) groups excluding carboxylic acids is 1. The molecule has 0 fully saturated rings. The summed E-state index contributed by atoms with van der Waals surface area (Å²) in [5, 5.41) is 6.31. The molecule has 0 spiro atoms. The Hall–Kier alpha value is -1.65. The van der Waals surface area contributed by atoms with Crippen LogP contribution in [0.15, 0.2) is 41.4 Å². The maximum Gasteiger partial charge on any atom is 0.163 e. The first kappa shape index (κ1) is 12.4. The summed E-state index contributed by atoms with van der Waals surface area (Å²) in [6, 6.07) is 11.8. The Morgan fingerprint density at radius 1 is 1.16 bits per heavy atom. The van der Waals surface area contributed by atoms with Crippen molar-refractivity contribution in [3.8, 4) is 11.3 Å². The minimum atomic E-state index is 0.243. The predicted molar refractivity (Wildman–Crippen MR) is 77.0 cm³/mol. The molecule has 1 aromatic heterocycles. The van der Waals surface area contributed by atoms with Crippen molar-refractivity contribution in [3.05, 3.63) is 47.5 Å². The number of hydrogen-bond acceptors (Lipinski definition) is 4. The van der Waals surface area contributed by atoms with Crippen molar-refractivity contribution in [2.75, 3.05) is 0 Å². The van der Waals surface area contributed by atoms with Crippen LogP contribution in [0.2, 0.25) is 0 Å². The van der Waals surface area contributed by atoms with Crippen LogP contribution in [0.4, 0.5) is 0 Å². The highest BCUT2D eigenvalue weighted by Crippen LogP contribution is 2.27. The van der Waals surface area contributed by atoms with Gasteiger partial charge in [0.1, 0.15) is 5.03 Å². The van der Waals surface area contributed by atoms with Crippen LogP contribution >= 0.6 is 11.9 Å². The van der Waals surface area contributed by atoms with E-state index in [-0.39, 0.29) is 5.78 Å². The topological polar surface area (TPSA) is 56.0 Å². The smallest absolute Gasteiger partial charge is 0.163 e. The van der Waals surface area contributed by atoms with Crippen molar-refractivity contribution in [1.29, 1.82) is 0 Å². The van der Waals surface area contributed by atoms with Gasteiger partial charge < -0.3 is 0 Å². The third kappa shape index (κ3) is 2.41. The largest absolute Gasteiger partial charge is 0.294 e. The second kappa shape index (κ2) is 5.15. The number of aromatic nitrogens is 1. The van der Waals surface area contributed by atoms with E-state index < -0.39 is 0 Å². The summed E-state index contributed by atoms with van der Waals surface area (Å²) in [6.07, 6.45) is 2.61. The maximum absolute atomic E-state index is 11.9. The molecule has 2 aromatic rings. The number of ketones is 1. The molecule has 0 bridgehead atoms. The highest BCUT2D eigenvalue weighted by atomic mass is 32.2. The molecule has 0 unspecified atom stereocenters. The van der Waals surface area contributed by atoms with Crippen molar-refractivity contribution in [2.24, 2.45) is 5.14 Å². The minimum absolute atomic E-state index is 0.243. The summed E-state index contributed by atoms with van der Waals surface area (Å²) >= 11 is 1.13. The van der Waals surface area contributed by atoms with Crippen molar-refractivity contribution in [3.63, 3.8) is 0 Å². The van der Waals surface area contributed by atoms with Gasteiger partial charge in [0, 0.05) is 17.5 Å². The first-order valence-corrected chi connectivity index (χ1v) is 7.16. The van der Waals surface area contributed by atoms with Gasteiger partial charge in [0.05, 0.1) is 5.69 Å². The summed E-state index contributed by atoms with van der Waals surface area (Å²) in [7, 11) is 0. The average Bonchev–Trinajstić information content (AvgIpc) is 2.47. The van der Waals surface area contributed by atoms with Gasteiger partial charge in [-0.05, 0) is 48.6 Å². The zero-order valence-electron chi connectivity index (χ0n) is 10.4. The van der Waals surface area contributed by atoms with Gasteiger partial charge in [-0.2, -0.15) is 0 Å². The molecule has 0 saturated carbocycles. The summed E-state index contributed by atoms with van der Waals surface area (Å²) in [4.78, 5) is 16.4. The van der Waals surface area contributed by atoms with Crippen LogP contribution < -0.4 is 5.14 Å². The minimum Gasteiger partial charge on any atom is -0.294 e. The van der Waals surface area contributed by atoms with Crippen LogP contribution in [-0.4, -0.2) is 10.8 Å². The monoisotopic (exact) mass is 270 g/mol. The molecule has 0 amide bonds. The predicted octanol–water partition coefficient (Wildman–Crippen LogP) is 3.23. The molecular weight excluding hydrogens is 256 g/mol. The molecule has 1 aromatic carbocycles. The van der Waals surface area contributed by atoms with Crippen LogP contribution in [0.5, 0.6) is 0 Å². The lowest BCUT2D eigenvalue weighted by Gasteiger charge is -2.15. The van der Waals surface area contributed by atoms with E-state index in [1.54, 1.807) is 0 Å². The molecule has 0 atom stereocenters. The average molecular weight is 270 g/mol. The molecule has 19 heavy (non-hydrogen) atoms. The van der Waals surface area contributed by atoms with Crippen LogP contribution in [0.3, 0.4) is 0 Å². The van der Waals surface area contributed by atoms with Gasteiger partial charge in [-0.15, -0.1) is 0 Å².